The van der Waals surface area contributed by atoms with E-state index in [2.05, 4.69) is 5.32 Å². The molecular formula is C13H15NO4S. The van der Waals surface area contributed by atoms with Crippen LogP contribution >= 0.6 is 0 Å². The fraction of sp³-hybridized carbons (Fsp3) is 0.231. The van der Waals surface area contributed by atoms with E-state index in [1.54, 1.807) is 20.0 Å². The van der Waals surface area contributed by atoms with Crippen molar-refractivity contribution in [2.24, 2.45) is 0 Å². The number of anilines is 1. The summed E-state index contributed by atoms with van der Waals surface area (Å²) < 4.78 is 37.4. The van der Waals surface area contributed by atoms with E-state index in [-0.39, 0.29) is 4.90 Å². The topological polar surface area (TPSA) is 75.6 Å². The van der Waals surface area contributed by atoms with Crippen LogP contribution in [-0.4, -0.2) is 27.1 Å². The average Bonchev–Trinajstić information content (AvgIpc) is 2.36. The lowest BCUT2D eigenvalue weighted by molar-refractivity contribution is 0.414. The Labute approximate surface area is 111 Å². The molecule has 0 atom stereocenters. The standard InChI is InChI=1S/C13H15NO4S/c1-8-12(19(15,16)17)7-9-6-10(14-2)4-5-11(9)13(8)18-3/h4-7,14H,1-3H3,(H,15,16,17). The van der Waals surface area contributed by atoms with E-state index >= 15 is 0 Å². The van der Waals surface area contributed by atoms with Crippen LogP contribution in [0.1, 0.15) is 5.56 Å². The molecule has 2 aromatic rings. The number of rotatable bonds is 3. The molecule has 0 fully saturated rings. The van der Waals surface area contributed by atoms with Crippen molar-refractivity contribution in [3.63, 3.8) is 0 Å². The Balaban J connectivity index is 2.90. The number of hydrogen-bond donors (Lipinski definition) is 2. The van der Waals surface area contributed by atoms with Crippen LogP contribution in [0.15, 0.2) is 29.2 Å². The van der Waals surface area contributed by atoms with Crippen molar-refractivity contribution in [3.8, 4) is 5.75 Å². The highest BCUT2D eigenvalue weighted by Gasteiger charge is 2.19. The highest BCUT2D eigenvalue weighted by Crippen LogP contribution is 2.35. The molecule has 0 aliphatic rings. The maximum Gasteiger partial charge on any atom is 0.294 e. The van der Waals surface area contributed by atoms with Gasteiger partial charge in [-0.2, -0.15) is 8.42 Å². The molecule has 0 amide bonds. The minimum absolute atomic E-state index is 0.134. The summed E-state index contributed by atoms with van der Waals surface area (Å²) in [6.07, 6.45) is 0. The summed E-state index contributed by atoms with van der Waals surface area (Å²) in [6.45, 7) is 1.60. The molecule has 6 heteroatoms. The van der Waals surface area contributed by atoms with Gasteiger partial charge in [0, 0.05) is 23.7 Å². The summed E-state index contributed by atoms with van der Waals surface area (Å²) in [7, 11) is -1.03. The second kappa shape index (κ2) is 4.71. The summed E-state index contributed by atoms with van der Waals surface area (Å²) in [6, 6.07) is 6.97. The van der Waals surface area contributed by atoms with Gasteiger partial charge in [0.25, 0.3) is 10.1 Å². The number of hydrogen-bond acceptors (Lipinski definition) is 4. The van der Waals surface area contributed by atoms with Crippen molar-refractivity contribution >= 4 is 26.6 Å². The summed E-state index contributed by atoms with van der Waals surface area (Å²) in [5.74, 6) is 0.452. The van der Waals surface area contributed by atoms with E-state index in [1.165, 1.54) is 13.2 Å². The molecule has 102 valence electrons. The van der Waals surface area contributed by atoms with Crippen molar-refractivity contribution < 1.29 is 17.7 Å². The van der Waals surface area contributed by atoms with Gasteiger partial charge < -0.3 is 10.1 Å². The fourth-order valence-electron chi connectivity index (χ4n) is 2.14. The molecule has 0 aromatic heterocycles. The summed E-state index contributed by atoms with van der Waals surface area (Å²) >= 11 is 0. The first-order chi connectivity index (χ1) is 8.88. The van der Waals surface area contributed by atoms with E-state index < -0.39 is 10.1 Å². The number of nitrogens with one attached hydrogen (secondary N) is 1. The molecule has 0 saturated carbocycles. The van der Waals surface area contributed by atoms with Gasteiger partial charge in [-0.25, -0.2) is 0 Å². The highest BCUT2D eigenvalue weighted by atomic mass is 32.2. The predicted molar refractivity (Wildman–Crippen MR) is 74.6 cm³/mol. The minimum Gasteiger partial charge on any atom is -0.496 e. The van der Waals surface area contributed by atoms with Crippen LogP contribution in [0, 0.1) is 6.92 Å². The Hall–Kier alpha value is -1.79. The highest BCUT2D eigenvalue weighted by molar-refractivity contribution is 7.85. The third-order valence-corrected chi connectivity index (χ3v) is 4.04. The first-order valence-corrected chi connectivity index (χ1v) is 7.09. The first kappa shape index (κ1) is 13.6. The third-order valence-electron chi connectivity index (χ3n) is 3.06. The minimum atomic E-state index is -4.28. The largest absolute Gasteiger partial charge is 0.496 e. The van der Waals surface area contributed by atoms with Crippen molar-refractivity contribution in [3.05, 3.63) is 29.8 Å². The lowest BCUT2D eigenvalue weighted by atomic mass is 10.1. The molecule has 0 saturated heterocycles. The van der Waals surface area contributed by atoms with Crippen molar-refractivity contribution in [2.75, 3.05) is 19.5 Å². The molecule has 5 nitrogen and oxygen atoms in total. The van der Waals surface area contributed by atoms with Crippen molar-refractivity contribution in [2.45, 2.75) is 11.8 Å². The molecule has 0 heterocycles. The van der Waals surface area contributed by atoms with Gasteiger partial charge in [0.1, 0.15) is 10.6 Å². The molecule has 2 N–H and O–H groups in total. The second-order valence-corrected chi connectivity index (χ2v) is 5.58. The fourth-order valence-corrected chi connectivity index (χ4v) is 2.89. The molecule has 0 spiro atoms. The Kier molecular flexibility index (Phi) is 3.38. The number of methoxy groups -OCH3 is 1. The smallest absolute Gasteiger partial charge is 0.294 e. The lowest BCUT2D eigenvalue weighted by Gasteiger charge is -2.13. The van der Waals surface area contributed by atoms with Gasteiger partial charge in [-0.15, -0.1) is 0 Å². The zero-order valence-electron chi connectivity index (χ0n) is 10.9. The number of benzene rings is 2. The monoisotopic (exact) mass is 281 g/mol. The molecule has 0 aliphatic carbocycles. The molecular weight excluding hydrogens is 266 g/mol. The molecule has 0 radical (unpaired) electrons. The first-order valence-electron chi connectivity index (χ1n) is 5.65. The molecule has 0 aliphatic heterocycles. The summed E-state index contributed by atoms with van der Waals surface area (Å²) in [4.78, 5) is -0.134. The van der Waals surface area contributed by atoms with Gasteiger partial charge >= 0.3 is 0 Å². The molecule has 2 aromatic carbocycles. The Morgan fingerprint density at radius 1 is 1.26 bits per heavy atom. The zero-order chi connectivity index (χ0) is 14.2. The number of fused-ring (bicyclic) bond motifs is 1. The number of ether oxygens (including phenoxy) is 1. The van der Waals surface area contributed by atoms with Crippen LogP contribution in [0.3, 0.4) is 0 Å². The predicted octanol–water partition coefficient (Wildman–Crippen LogP) is 2.45. The van der Waals surface area contributed by atoms with E-state index in [0.29, 0.717) is 16.7 Å². The quantitative estimate of drug-likeness (QED) is 0.845. The normalized spacial score (nSPS) is 11.6. The van der Waals surface area contributed by atoms with Crippen molar-refractivity contribution in [1.82, 2.24) is 0 Å². The van der Waals surface area contributed by atoms with Crippen LogP contribution in [0.4, 0.5) is 5.69 Å². The van der Waals surface area contributed by atoms with Gasteiger partial charge in [0.2, 0.25) is 0 Å². The lowest BCUT2D eigenvalue weighted by Crippen LogP contribution is -2.03. The average molecular weight is 281 g/mol. The van der Waals surface area contributed by atoms with E-state index in [1.807, 2.05) is 12.1 Å². The van der Waals surface area contributed by atoms with E-state index in [0.717, 1.165) is 11.1 Å². The van der Waals surface area contributed by atoms with Crippen LogP contribution in [0.5, 0.6) is 5.75 Å². The Morgan fingerprint density at radius 3 is 2.47 bits per heavy atom. The molecule has 19 heavy (non-hydrogen) atoms. The van der Waals surface area contributed by atoms with Crippen LogP contribution in [-0.2, 0) is 10.1 Å². The molecule has 2 rings (SSSR count). The zero-order valence-corrected chi connectivity index (χ0v) is 11.7. The van der Waals surface area contributed by atoms with Crippen LogP contribution in [0.25, 0.3) is 10.8 Å². The van der Waals surface area contributed by atoms with E-state index in [4.69, 9.17) is 4.74 Å². The molecule has 0 bridgehead atoms. The maximum atomic E-state index is 11.4. The SMILES string of the molecule is CNc1ccc2c(OC)c(C)c(S(=O)(=O)O)cc2c1. The van der Waals surface area contributed by atoms with E-state index in [9.17, 15) is 13.0 Å². The third kappa shape index (κ3) is 2.36. The Morgan fingerprint density at radius 2 is 1.95 bits per heavy atom. The van der Waals surface area contributed by atoms with Crippen LogP contribution in [0.2, 0.25) is 0 Å². The van der Waals surface area contributed by atoms with Crippen molar-refractivity contribution in [1.29, 1.82) is 0 Å². The van der Waals surface area contributed by atoms with Gasteiger partial charge in [0.15, 0.2) is 0 Å². The Bertz CT molecular complexity index is 738. The van der Waals surface area contributed by atoms with Gasteiger partial charge in [-0.05, 0) is 36.6 Å². The maximum absolute atomic E-state index is 11.4. The van der Waals surface area contributed by atoms with Gasteiger partial charge in [-0.3, -0.25) is 4.55 Å². The summed E-state index contributed by atoms with van der Waals surface area (Å²) in [5.41, 5.74) is 1.24. The second-order valence-electron chi connectivity index (χ2n) is 4.19. The molecule has 0 unspecified atom stereocenters. The van der Waals surface area contributed by atoms with Gasteiger partial charge in [-0.1, -0.05) is 0 Å². The van der Waals surface area contributed by atoms with Crippen LogP contribution < -0.4 is 10.1 Å². The van der Waals surface area contributed by atoms with Gasteiger partial charge in [0.05, 0.1) is 7.11 Å². The summed E-state index contributed by atoms with van der Waals surface area (Å²) in [5, 5.41) is 4.46.